The number of alkyl halides is 1. The number of rotatable bonds is 8. The molecule has 3 nitrogen and oxygen atoms in total. The summed E-state index contributed by atoms with van der Waals surface area (Å²) in [4.78, 5) is 7.73. The van der Waals surface area contributed by atoms with Gasteiger partial charge < -0.3 is 4.74 Å². The normalized spacial score (nSPS) is 21.9. The number of hydrogen-bond donors (Lipinski definition) is 0. The first-order valence-electron chi connectivity index (χ1n) is 9.95. The number of halogens is 2. The number of thiophene rings is 1. The van der Waals surface area contributed by atoms with E-state index < -0.39 is 11.8 Å². The Kier molecular flexibility index (Phi) is 6.52. The van der Waals surface area contributed by atoms with Crippen LogP contribution < -0.4 is 0 Å². The number of aromatic nitrogens is 1. The van der Waals surface area contributed by atoms with E-state index in [1.807, 2.05) is 26.1 Å². The molecule has 0 amide bonds. The van der Waals surface area contributed by atoms with E-state index in [0.29, 0.717) is 26.0 Å². The van der Waals surface area contributed by atoms with E-state index in [4.69, 9.17) is 4.74 Å². The number of pyridine rings is 1. The highest BCUT2D eigenvalue weighted by atomic mass is 32.1. The van der Waals surface area contributed by atoms with Crippen molar-refractivity contribution in [1.82, 2.24) is 9.88 Å². The molecule has 0 spiro atoms. The molecule has 0 saturated carbocycles. The first-order chi connectivity index (χ1) is 13.3. The molecular weight excluding hydrogens is 378 g/mol. The summed E-state index contributed by atoms with van der Waals surface area (Å²) in [5, 5.41) is -0.188. The third kappa shape index (κ3) is 4.44. The average molecular weight is 409 g/mol. The van der Waals surface area contributed by atoms with Gasteiger partial charge in [-0.3, -0.25) is 9.88 Å². The van der Waals surface area contributed by atoms with Crippen molar-refractivity contribution < 1.29 is 13.5 Å². The molecule has 6 heteroatoms. The molecule has 3 rings (SSSR count). The van der Waals surface area contributed by atoms with Gasteiger partial charge in [0.2, 0.25) is 6.36 Å². The molecule has 2 aromatic rings. The highest BCUT2D eigenvalue weighted by Crippen LogP contribution is 2.45. The molecule has 1 saturated heterocycles. The van der Waals surface area contributed by atoms with E-state index >= 15 is 4.39 Å². The molecule has 154 valence electrons. The van der Waals surface area contributed by atoms with Crippen molar-refractivity contribution in [3.63, 3.8) is 0 Å². The fourth-order valence-electron chi connectivity index (χ4n) is 4.07. The van der Waals surface area contributed by atoms with Crippen LogP contribution in [0.4, 0.5) is 8.78 Å². The van der Waals surface area contributed by atoms with E-state index in [2.05, 4.69) is 29.8 Å². The Balaban J connectivity index is 1.78. The minimum absolute atomic E-state index is 0.188. The van der Waals surface area contributed by atoms with E-state index in [-0.39, 0.29) is 10.7 Å². The summed E-state index contributed by atoms with van der Waals surface area (Å²) >= 11 is 1.15. The smallest absolute Gasteiger partial charge is 0.205 e. The molecule has 1 aliphatic heterocycles. The Bertz CT molecular complexity index is 777. The number of aryl methyl sites for hydroxylation is 2. The zero-order valence-corrected chi connectivity index (χ0v) is 18.0. The van der Waals surface area contributed by atoms with E-state index in [9.17, 15) is 4.39 Å². The predicted molar refractivity (Wildman–Crippen MR) is 110 cm³/mol. The van der Waals surface area contributed by atoms with E-state index in [1.165, 1.54) is 6.07 Å². The maximum absolute atomic E-state index is 15.2. The summed E-state index contributed by atoms with van der Waals surface area (Å²) < 4.78 is 33.9. The summed E-state index contributed by atoms with van der Waals surface area (Å²) in [6.45, 7) is 9.89. The molecule has 0 radical (unpaired) electrons. The van der Waals surface area contributed by atoms with Crippen LogP contribution in [0.15, 0.2) is 30.5 Å². The second kappa shape index (κ2) is 8.56. The molecule has 1 aliphatic rings. The van der Waals surface area contributed by atoms with Crippen LogP contribution in [0, 0.1) is 17.5 Å². The minimum atomic E-state index is -1.32. The van der Waals surface area contributed by atoms with Crippen molar-refractivity contribution in [2.45, 2.75) is 58.9 Å². The summed E-state index contributed by atoms with van der Waals surface area (Å²) in [6, 6.07) is 7.41. The Morgan fingerprint density at radius 3 is 2.71 bits per heavy atom. The highest BCUT2D eigenvalue weighted by molar-refractivity contribution is 7.10. The lowest BCUT2D eigenvalue weighted by Crippen LogP contribution is -2.44. The largest absolute Gasteiger partial charge is 0.348 e. The van der Waals surface area contributed by atoms with Gasteiger partial charge in [0.05, 0.1) is 0 Å². The molecule has 28 heavy (non-hydrogen) atoms. The summed E-state index contributed by atoms with van der Waals surface area (Å²) in [5.74, 6) is 0. The number of ether oxygens (including phenoxy) is 1. The van der Waals surface area contributed by atoms with Crippen molar-refractivity contribution in [3.05, 3.63) is 51.7 Å². The van der Waals surface area contributed by atoms with Gasteiger partial charge in [-0.15, -0.1) is 11.3 Å². The monoisotopic (exact) mass is 408 g/mol. The third-order valence-corrected chi connectivity index (χ3v) is 7.02. The maximum atomic E-state index is 15.2. The van der Waals surface area contributed by atoms with Crippen molar-refractivity contribution in [1.29, 1.82) is 0 Å². The molecule has 0 aromatic carbocycles. The van der Waals surface area contributed by atoms with Crippen LogP contribution in [0.2, 0.25) is 0 Å². The zero-order chi connectivity index (χ0) is 20.4. The molecule has 2 aromatic heterocycles. The fourth-order valence-corrected chi connectivity index (χ4v) is 4.80. The molecule has 0 aliphatic carbocycles. The lowest BCUT2D eigenvalue weighted by atomic mass is 9.81. The van der Waals surface area contributed by atoms with Gasteiger partial charge in [-0.1, -0.05) is 6.07 Å². The Morgan fingerprint density at radius 1 is 1.32 bits per heavy atom. The number of hydrogen-bond acceptors (Lipinski definition) is 4. The fraction of sp³-hybridized carbons (Fsp3) is 0.591. The molecule has 0 unspecified atom stereocenters. The first-order valence-corrected chi connectivity index (χ1v) is 10.8. The zero-order valence-electron chi connectivity index (χ0n) is 17.2. The highest BCUT2D eigenvalue weighted by Gasteiger charge is 2.49. The molecule has 1 fully saturated rings. The summed E-state index contributed by atoms with van der Waals surface area (Å²) in [5.41, 5.74) is 1.29. The van der Waals surface area contributed by atoms with Gasteiger partial charge >= 0.3 is 0 Å². The van der Waals surface area contributed by atoms with Crippen molar-refractivity contribution in [2.24, 2.45) is 5.41 Å². The van der Waals surface area contributed by atoms with Gasteiger partial charge in [0.1, 0.15) is 0 Å². The number of likely N-dealkylation sites (tertiary alicyclic amines) is 1. The Labute approximate surface area is 170 Å². The van der Waals surface area contributed by atoms with Crippen LogP contribution in [-0.4, -0.2) is 35.9 Å². The quantitative estimate of drug-likeness (QED) is 0.578. The predicted octanol–water partition coefficient (Wildman–Crippen LogP) is 5.48. The van der Waals surface area contributed by atoms with Crippen LogP contribution in [-0.2, 0) is 16.7 Å². The van der Waals surface area contributed by atoms with Crippen molar-refractivity contribution in [2.75, 3.05) is 19.7 Å². The molecule has 3 heterocycles. The van der Waals surface area contributed by atoms with Crippen LogP contribution in [0.5, 0.6) is 0 Å². The van der Waals surface area contributed by atoms with Gasteiger partial charge in [0.25, 0.3) is 0 Å². The SMILES string of the molecule is CCO[C@@H](F)[C@]1(CCc2ccc(F)s2)CCN(C(C)(C)c2ccc(C)nc2)C1. The van der Waals surface area contributed by atoms with Crippen LogP contribution in [0.1, 0.15) is 49.7 Å². The van der Waals surface area contributed by atoms with E-state index in [0.717, 1.165) is 40.4 Å². The van der Waals surface area contributed by atoms with Gasteiger partial charge in [-0.25, -0.2) is 4.39 Å². The van der Waals surface area contributed by atoms with Gasteiger partial charge in [0.15, 0.2) is 5.13 Å². The third-order valence-electron chi connectivity index (χ3n) is 6.09. The summed E-state index contributed by atoms with van der Waals surface area (Å²) in [7, 11) is 0. The minimum Gasteiger partial charge on any atom is -0.348 e. The molecule has 2 atom stereocenters. The van der Waals surface area contributed by atoms with Crippen LogP contribution >= 0.6 is 11.3 Å². The Morgan fingerprint density at radius 2 is 2.11 bits per heavy atom. The van der Waals surface area contributed by atoms with Crippen LogP contribution in [0.3, 0.4) is 0 Å². The second-order valence-corrected chi connectivity index (χ2v) is 9.38. The Hall–Kier alpha value is -1.37. The molecular formula is C22H30F2N2OS. The first kappa shape index (κ1) is 21.3. The molecule has 0 bridgehead atoms. The van der Waals surface area contributed by atoms with Gasteiger partial charge in [0, 0.05) is 40.9 Å². The van der Waals surface area contributed by atoms with Crippen molar-refractivity contribution in [3.8, 4) is 0 Å². The topological polar surface area (TPSA) is 25.4 Å². The van der Waals surface area contributed by atoms with Crippen LogP contribution in [0.25, 0.3) is 0 Å². The lowest BCUT2D eigenvalue weighted by Gasteiger charge is -2.39. The summed E-state index contributed by atoms with van der Waals surface area (Å²) in [6.07, 6.45) is 2.64. The standard InChI is InChI=1S/C22H30F2N2OS/c1-5-27-20(24)22(11-10-18-8-9-19(23)28-18)12-13-26(15-22)21(3,4)17-7-6-16(2)25-14-17/h6-9,14,20H,5,10-13,15H2,1-4H3/t20-,22-/m1/s1. The van der Waals surface area contributed by atoms with Crippen molar-refractivity contribution >= 4 is 11.3 Å². The van der Waals surface area contributed by atoms with Gasteiger partial charge in [-0.05, 0) is 77.3 Å². The average Bonchev–Trinajstić information content (AvgIpc) is 3.28. The molecule has 0 N–H and O–H groups in total. The lowest BCUT2D eigenvalue weighted by molar-refractivity contribution is -0.121. The number of nitrogens with zero attached hydrogens (tertiary/aromatic N) is 2. The second-order valence-electron chi connectivity index (χ2n) is 8.26. The van der Waals surface area contributed by atoms with Gasteiger partial charge in [-0.2, -0.15) is 4.39 Å². The maximum Gasteiger partial charge on any atom is 0.205 e. The van der Waals surface area contributed by atoms with E-state index in [1.54, 1.807) is 6.07 Å².